The van der Waals surface area contributed by atoms with E-state index in [1.165, 1.54) is 0 Å². The van der Waals surface area contributed by atoms with Crippen molar-refractivity contribution in [2.45, 2.75) is 26.1 Å². The first-order valence-corrected chi connectivity index (χ1v) is 5.16. The van der Waals surface area contributed by atoms with Crippen molar-refractivity contribution >= 4 is 8.80 Å². The van der Waals surface area contributed by atoms with Gasteiger partial charge in [-0.25, -0.2) is 0 Å². The second kappa shape index (κ2) is 6.71. The van der Waals surface area contributed by atoms with Crippen LogP contribution in [0.25, 0.3) is 0 Å². The third-order valence-electron chi connectivity index (χ3n) is 0.619. The maximum absolute atomic E-state index is 3.04. The average Bonchev–Trinajstić information content (AvgIpc) is 1.61. The molecule has 0 aromatic heterocycles. The SMILES string of the molecule is CC#CC[Si](C)C.F. The minimum Gasteiger partial charge on any atom is -0.269 e. The molecule has 0 aromatic rings. The minimum absolute atomic E-state index is 0. The molecule has 0 bridgehead atoms. The molecule has 0 atom stereocenters. The number of hydrogen-bond donors (Lipinski definition) is 0. The van der Waals surface area contributed by atoms with Crippen LogP contribution in [-0.2, 0) is 0 Å². The fraction of sp³-hybridized carbons (Fsp3) is 0.667. The zero-order valence-corrected chi connectivity index (χ0v) is 6.62. The molecule has 0 rings (SSSR count). The molecule has 0 amide bonds. The quantitative estimate of drug-likeness (QED) is 0.377. The van der Waals surface area contributed by atoms with Crippen LogP contribution in [0, 0.1) is 11.8 Å². The predicted molar refractivity (Wildman–Crippen MR) is 38.2 cm³/mol. The van der Waals surface area contributed by atoms with Crippen molar-refractivity contribution in [1.29, 1.82) is 0 Å². The maximum Gasteiger partial charge on any atom is 0.0556 e. The molecule has 8 heavy (non-hydrogen) atoms. The molecular formula is C6H12FSi. The van der Waals surface area contributed by atoms with E-state index >= 15 is 0 Å². The molecule has 0 aliphatic rings. The van der Waals surface area contributed by atoms with Crippen molar-refractivity contribution in [2.24, 2.45) is 0 Å². The molecule has 0 aliphatic carbocycles. The van der Waals surface area contributed by atoms with E-state index in [0.29, 0.717) is 0 Å². The summed E-state index contributed by atoms with van der Waals surface area (Å²) in [5.74, 6) is 5.92. The summed E-state index contributed by atoms with van der Waals surface area (Å²) in [7, 11) is -0.0709. The Balaban J connectivity index is 0. The molecule has 2 heteroatoms. The molecule has 0 heterocycles. The lowest BCUT2D eigenvalue weighted by Gasteiger charge is -1.88. The van der Waals surface area contributed by atoms with E-state index in [1.807, 2.05) is 6.92 Å². The van der Waals surface area contributed by atoms with Gasteiger partial charge >= 0.3 is 0 Å². The van der Waals surface area contributed by atoms with E-state index in [-0.39, 0.29) is 13.5 Å². The van der Waals surface area contributed by atoms with Gasteiger partial charge in [0.1, 0.15) is 0 Å². The van der Waals surface area contributed by atoms with Gasteiger partial charge in [0.25, 0.3) is 0 Å². The molecule has 0 saturated carbocycles. The lowest BCUT2D eigenvalue weighted by molar-refractivity contribution is 1.11. The van der Waals surface area contributed by atoms with Crippen molar-refractivity contribution in [2.75, 3.05) is 0 Å². The van der Waals surface area contributed by atoms with Crippen LogP contribution < -0.4 is 0 Å². The first-order valence-electron chi connectivity index (χ1n) is 2.46. The Morgan fingerprint density at radius 2 is 1.88 bits per heavy atom. The van der Waals surface area contributed by atoms with E-state index in [0.717, 1.165) is 6.04 Å². The highest BCUT2D eigenvalue weighted by molar-refractivity contribution is 6.56. The molecule has 0 N–H and O–H groups in total. The van der Waals surface area contributed by atoms with Crippen LogP contribution in [0.3, 0.4) is 0 Å². The van der Waals surface area contributed by atoms with E-state index < -0.39 is 0 Å². The van der Waals surface area contributed by atoms with Gasteiger partial charge in [0.05, 0.1) is 8.80 Å². The summed E-state index contributed by atoms with van der Waals surface area (Å²) in [5.41, 5.74) is 0. The summed E-state index contributed by atoms with van der Waals surface area (Å²) in [6, 6.07) is 1.14. The van der Waals surface area contributed by atoms with E-state index in [4.69, 9.17) is 0 Å². The van der Waals surface area contributed by atoms with Gasteiger partial charge in [-0.1, -0.05) is 13.1 Å². The molecule has 0 aromatic carbocycles. The van der Waals surface area contributed by atoms with Crippen LogP contribution in [0.1, 0.15) is 6.92 Å². The highest BCUT2D eigenvalue weighted by Gasteiger charge is 1.87. The third kappa shape index (κ3) is 9.20. The molecule has 0 unspecified atom stereocenters. The van der Waals surface area contributed by atoms with E-state index in [2.05, 4.69) is 24.9 Å². The zero-order valence-electron chi connectivity index (χ0n) is 5.62. The van der Waals surface area contributed by atoms with Gasteiger partial charge < -0.3 is 0 Å². The molecule has 0 fully saturated rings. The van der Waals surface area contributed by atoms with Gasteiger partial charge in [-0.3, -0.25) is 4.70 Å². The van der Waals surface area contributed by atoms with Gasteiger partial charge in [-0.05, 0) is 6.92 Å². The van der Waals surface area contributed by atoms with Crippen LogP contribution in [0.2, 0.25) is 19.1 Å². The topological polar surface area (TPSA) is 0 Å². The number of halogens is 1. The minimum atomic E-state index is -0.0709. The second-order valence-corrected chi connectivity index (χ2v) is 4.58. The second-order valence-electron chi connectivity index (χ2n) is 1.81. The Hall–Kier alpha value is -0.293. The van der Waals surface area contributed by atoms with Crippen molar-refractivity contribution < 1.29 is 4.70 Å². The number of rotatable bonds is 1. The summed E-state index contributed by atoms with van der Waals surface area (Å²) >= 11 is 0. The fourth-order valence-corrected chi connectivity index (χ4v) is 0.795. The largest absolute Gasteiger partial charge is 0.269 e. The Kier molecular flexibility index (Phi) is 8.92. The van der Waals surface area contributed by atoms with Crippen molar-refractivity contribution in [3.63, 3.8) is 0 Å². The van der Waals surface area contributed by atoms with Gasteiger partial charge in [0.2, 0.25) is 0 Å². The molecule has 0 nitrogen and oxygen atoms in total. The highest BCUT2D eigenvalue weighted by atomic mass is 28.3. The molecule has 0 spiro atoms. The summed E-state index contributed by atoms with van der Waals surface area (Å²) in [6.45, 7) is 6.44. The third-order valence-corrected chi connectivity index (χ3v) is 1.50. The van der Waals surface area contributed by atoms with E-state index in [1.54, 1.807) is 0 Å². The summed E-state index contributed by atoms with van der Waals surface area (Å²) in [5, 5.41) is 0. The molecular weight excluding hydrogens is 119 g/mol. The van der Waals surface area contributed by atoms with Crippen LogP contribution in [0.15, 0.2) is 0 Å². The van der Waals surface area contributed by atoms with Crippen molar-refractivity contribution in [1.82, 2.24) is 0 Å². The van der Waals surface area contributed by atoms with Crippen molar-refractivity contribution in [3.8, 4) is 11.8 Å². The normalized spacial score (nSPS) is 7.00. The molecule has 1 radical (unpaired) electrons. The summed E-state index contributed by atoms with van der Waals surface area (Å²) in [6.07, 6.45) is 0. The molecule has 47 valence electrons. The van der Waals surface area contributed by atoms with Crippen LogP contribution in [0.4, 0.5) is 4.70 Å². The molecule has 0 aliphatic heterocycles. The van der Waals surface area contributed by atoms with Crippen LogP contribution >= 0.6 is 0 Å². The maximum atomic E-state index is 3.04. The smallest absolute Gasteiger partial charge is 0.0556 e. The molecule has 0 saturated heterocycles. The van der Waals surface area contributed by atoms with Gasteiger partial charge in [0.15, 0.2) is 0 Å². The monoisotopic (exact) mass is 131 g/mol. The first-order chi connectivity index (χ1) is 3.27. The summed E-state index contributed by atoms with van der Waals surface area (Å²) in [4.78, 5) is 0. The zero-order chi connectivity index (χ0) is 5.70. The predicted octanol–water partition coefficient (Wildman–Crippen LogP) is 1.92. The first kappa shape index (κ1) is 10.6. The van der Waals surface area contributed by atoms with Gasteiger partial charge in [-0.15, -0.1) is 11.8 Å². The van der Waals surface area contributed by atoms with Gasteiger partial charge in [-0.2, -0.15) is 0 Å². The highest BCUT2D eigenvalue weighted by Crippen LogP contribution is 1.85. The lowest BCUT2D eigenvalue weighted by Crippen LogP contribution is -1.94. The van der Waals surface area contributed by atoms with E-state index in [9.17, 15) is 0 Å². The Labute approximate surface area is 52.3 Å². The Bertz CT molecular complexity index is 88.4. The standard InChI is InChI=1S/C6H11Si.FH/c1-4-5-6-7(2)3;/h6H2,1-3H3;1H. The van der Waals surface area contributed by atoms with Crippen LogP contribution in [0.5, 0.6) is 0 Å². The summed E-state index contributed by atoms with van der Waals surface area (Å²) < 4.78 is 0. The Morgan fingerprint density at radius 3 is 2.00 bits per heavy atom. The lowest BCUT2D eigenvalue weighted by atomic mass is 10.7. The van der Waals surface area contributed by atoms with Crippen molar-refractivity contribution in [3.05, 3.63) is 0 Å². The fourth-order valence-electron chi connectivity index (χ4n) is 0.265. The van der Waals surface area contributed by atoms with Crippen LogP contribution in [-0.4, -0.2) is 8.80 Å². The Morgan fingerprint density at radius 1 is 1.38 bits per heavy atom. The van der Waals surface area contributed by atoms with Gasteiger partial charge in [0, 0.05) is 6.04 Å². The average molecular weight is 131 g/mol. The number of hydrogen-bond acceptors (Lipinski definition) is 0.